The number of carbonyl (C=O) groups excluding carboxylic acids is 1. The number of likely N-dealkylation sites (tertiary alicyclic amines) is 1. The lowest BCUT2D eigenvalue weighted by Gasteiger charge is -2.24. The van der Waals surface area contributed by atoms with Gasteiger partial charge in [-0.1, -0.05) is 41.4 Å². The van der Waals surface area contributed by atoms with Gasteiger partial charge in [-0.05, 0) is 55.6 Å². The minimum absolute atomic E-state index is 0.111. The van der Waals surface area contributed by atoms with E-state index in [1.807, 2.05) is 25.1 Å². The quantitative estimate of drug-likeness (QED) is 0.770. The Balaban J connectivity index is 1.69. The predicted octanol–water partition coefficient (Wildman–Crippen LogP) is 5.09. The number of anilines is 1. The second-order valence-corrected chi connectivity index (χ2v) is 7.29. The fourth-order valence-corrected chi connectivity index (χ4v) is 3.82. The molecule has 1 fully saturated rings. The van der Waals surface area contributed by atoms with Crippen molar-refractivity contribution in [2.24, 2.45) is 0 Å². The summed E-state index contributed by atoms with van der Waals surface area (Å²) in [5, 5.41) is 3.80. The molecule has 1 amide bonds. The van der Waals surface area contributed by atoms with E-state index in [1.54, 1.807) is 13.2 Å². The zero-order valence-corrected chi connectivity index (χ0v) is 16.4. The van der Waals surface area contributed by atoms with Crippen molar-refractivity contribution in [2.75, 3.05) is 25.5 Å². The van der Waals surface area contributed by atoms with Crippen molar-refractivity contribution in [3.05, 3.63) is 57.6 Å². The van der Waals surface area contributed by atoms with Crippen LogP contribution in [0.3, 0.4) is 0 Å². The third-order valence-corrected chi connectivity index (χ3v) is 5.56. The minimum Gasteiger partial charge on any atom is -0.497 e. The molecule has 0 aromatic heterocycles. The van der Waals surface area contributed by atoms with Crippen molar-refractivity contribution >= 4 is 34.8 Å². The van der Waals surface area contributed by atoms with E-state index in [4.69, 9.17) is 27.9 Å². The SMILES string of the molecule is COc1ccc(C2CCCN2CC(=O)Nc2c(Cl)ccc(C)c2Cl)cc1. The van der Waals surface area contributed by atoms with Crippen LogP contribution in [0.2, 0.25) is 10.0 Å². The number of nitrogens with zero attached hydrogens (tertiary/aromatic N) is 1. The third-order valence-electron chi connectivity index (χ3n) is 4.76. The highest BCUT2D eigenvalue weighted by Gasteiger charge is 2.28. The molecule has 0 radical (unpaired) electrons. The summed E-state index contributed by atoms with van der Waals surface area (Å²) in [7, 11) is 1.66. The van der Waals surface area contributed by atoms with Gasteiger partial charge in [-0.2, -0.15) is 0 Å². The molecule has 1 aliphatic rings. The van der Waals surface area contributed by atoms with Gasteiger partial charge >= 0.3 is 0 Å². The molecular weight excluding hydrogens is 371 g/mol. The van der Waals surface area contributed by atoms with Crippen molar-refractivity contribution in [2.45, 2.75) is 25.8 Å². The molecule has 2 aromatic rings. The Morgan fingerprint density at radius 2 is 1.96 bits per heavy atom. The molecule has 2 aromatic carbocycles. The van der Waals surface area contributed by atoms with E-state index in [9.17, 15) is 4.79 Å². The maximum Gasteiger partial charge on any atom is 0.238 e. The van der Waals surface area contributed by atoms with Crippen LogP contribution in [0, 0.1) is 6.92 Å². The van der Waals surface area contributed by atoms with Crippen LogP contribution in [0.25, 0.3) is 0 Å². The van der Waals surface area contributed by atoms with E-state index < -0.39 is 0 Å². The van der Waals surface area contributed by atoms with Gasteiger partial charge < -0.3 is 10.1 Å². The lowest BCUT2D eigenvalue weighted by atomic mass is 10.0. The fraction of sp³-hybridized carbons (Fsp3) is 0.350. The first-order valence-corrected chi connectivity index (χ1v) is 9.37. The van der Waals surface area contributed by atoms with Crippen LogP contribution in [-0.2, 0) is 4.79 Å². The number of carbonyl (C=O) groups is 1. The number of nitrogens with one attached hydrogen (secondary N) is 1. The smallest absolute Gasteiger partial charge is 0.238 e. The zero-order chi connectivity index (χ0) is 18.7. The zero-order valence-electron chi connectivity index (χ0n) is 14.9. The molecule has 138 valence electrons. The molecular formula is C20H22Cl2N2O2. The second-order valence-electron chi connectivity index (χ2n) is 6.50. The normalized spacial score (nSPS) is 17.3. The molecule has 0 bridgehead atoms. The third kappa shape index (κ3) is 4.14. The van der Waals surface area contributed by atoms with Crippen molar-refractivity contribution in [3.8, 4) is 5.75 Å². The van der Waals surface area contributed by atoms with Gasteiger partial charge in [-0.3, -0.25) is 9.69 Å². The Kier molecular flexibility index (Phi) is 6.07. The molecule has 0 saturated carbocycles. The molecule has 1 unspecified atom stereocenters. The van der Waals surface area contributed by atoms with Gasteiger partial charge in [0.25, 0.3) is 0 Å². The van der Waals surface area contributed by atoms with Gasteiger partial charge in [0, 0.05) is 6.04 Å². The standard InChI is InChI=1S/C20H22Cl2N2O2/c1-13-5-10-16(21)20(19(13)22)23-18(25)12-24-11-3-4-17(24)14-6-8-15(26-2)9-7-14/h5-10,17H,3-4,11-12H2,1-2H3,(H,23,25). The van der Waals surface area contributed by atoms with Gasteiger partial charge in [0.05, 0.1) is 29.4 Å². The molecule has 0 aliphatic carbocycles. The van der Waals surface area contributed by atoms with Gasteiger partial charge in [-0.15, -0.1) is 0 Å². The van der Waals surface area contributed by atoms with Crippen LogP contribution in [-0.4, -0.2) is 31.0 Å². The lowest BCUT2D eigenvalue weighted by molar-refractivity contribution is -0.117. The van der Waals surface area contributed by atoms with Crippen molar-refractivity contribution < 1.29 is 9.53 Å². The maximum absolute atomic E-state index is 12.6. The Labute approximate surface area is 164 Å². The second kappa shape index (κ2) is 8.30. The average Bonchev–Trinajstić information content (AvgIpc) is 3.10. The summed E-state index contributed by atoms with van der Waals surface area (Å²) < 4.78 is 5.22. The first kappa shape index (κ1) is 19.0. The van der Waals surface area contributed by atoms with E-state index >= 15 is 0 Å². The van der Waals surface area contributed by atoms with Gasteiger partial charge in [0.15, 0.2) is 0 Å². The summed E-state index contributed by atoms with van der Waals surface area (Å²) in [4.78, 5) is 14.8. The van der Waals surface area contributed by atoms with Crippen LogP contribution in [0.5, 0.6) is 5.75 Å². The first-order valence-electron chi connectivity index (χ1n) is 8.62. The summed E-state index contributed by atoms with van der Waals surface area (Å²) in [6, 6.07) is 11.8. The van der Waals surface area contributed by atoms with E-state index in [0.29, 0.717) is 22.3 Å². The Morgan fingerprint density at radius 1 is 1.23 bits per heavy atom. The minimum atomic E-state index is -0.111. The molecule has 3 rings (SSSR count). The lowest BCUT2D eigenvalue weighted by Crippen LogP contribution is -2.33. The number of rotatable bonds is 5. The van der Waals surface area contributed by atoms with Crippen molar-refractivity contribution in [3.63, 3.8) is 0 Å². The summed E-state index contributed by atoms with van der Waals surface area (Å²) >= 11 is 12.5. The first-order chi connectivity index (χ1) is 12.5. The molecule has 4 nitrogen and oxygen atoms in total. The number of halogens is 2. The maximum atomic E-state index is 12.6. The number of ether oxygens (including phenoxy) is 1. The molecule has 1 heterocycles. The van der Waals surface area contributed by atoms with E-state index in [1.165, 1.54) is 5.56 Å². The van der Waals surface area contributed by atoms with Crippen molar-refractivity contribution in [1.82, 2.24) is 4.90 Å². The largest absolute Gasteiger partial charge is 0.497 e. The Hall–Kier alpha value is -1.75. The number of hydrogen-bond acceptors (Lipinski definition) is 3. The van der Waals surface area contributed by atoms with Crippen LogP contribution in [0.1, 0.15) is 30.0 Å². The van der Waals surface area contributed by atoms with E-state index in [2.05, 4.69) is 22.3 Å². The van der Waals surface area contributed by atoms with E-state index in [-0.39, 0.29) is 11.9 Å². The van der Waals surface area contributed by atoms with Gasteiger partial charge in [-0.25, -0.2) is 0 Å². The summed E-state index contributed by atoms with van der Waals surface area (Å²) in [5.74, 6) is 0.722. The number of hydrogen-bond donors (Lipinski definition) is 1. The summed E-state index contributed by atoms with van der Waals surface area (Å²) in [6.07, 6.45) is 2.10. The van der Waals surface area contributed by atoms with Crippen LogP contribution in [0.4, 0.5) is 5.69 Å². The molecule has 6 heteroatoms. The van der Waals surface area contributed by atoms with Gasteiger partial charge in [0.1, 0.15) is 5.75 Å². The van der Waals surface area contributed by atoms with Crippen LogP contribution < -0.4 is 10.1 Å². The molecule has 26 heavy (non-hydrogen) atoms. The fourth-order valence-electron chi connectivity index (χ4n) is 3.35. The van der Waals surface area contributed by atoms with Crippen LogP contribution >= 0.6 is 23.2 Å². The Bertz CT molecular complexity index is 793. The highest BCUT2D eigenvalue weighted by molar-refractivity contribution is 6.40. The molecule has 1 N–H and O–H groups in total. The van der Waals surface area contributed by atoms with Crippen LogP contribution in [0.15, 0.2) is 36.4 Å². The number of amides is 1. The molecule has 0 spiro atoms. The topological polar surface area (TPSA) is 41.6 Å². The van der Waals surface area contributed by atoms with Gasteiger partial charge in [0.2, 0.25) is 5.91 Å². The average molecular weight is 393 g/mol. The molecule has 1 aliphatic heterocycles. The monoisotopic (exact) mass is 392 g/mol. The summed E-state index contributed by atoms with van der Waals surface area (Å²) in [5.41, 5.74) is 2.56. The number of benzene rings is 2. The van der Waals surface area contributed by atoms with Crippen molar-refractivity contribution in [1.29, 1.82) is 0 Å². The van der Waals surface area contributed by atoms with E-state index in [0.717, 1.165) is 30.7 Å². The predicted molar refractivity (Wildman–Crippen MR) is 106 cm³/mol. The molecule has 1 saturated heterocycles. The number of methoxy groups -OCH3 is 1. The summed E-state index contributed by atoms with van der Waals surface area (Å²) in [6.45, 7) is 3.07. The highest BCUT2D eigenvalue weighted by atomic mass is 35.5. The highest BCUT2D eigenvalue weighted by Crippen LogP contribution is 2.34. The number of aryl methyl sites for hydroxylation is 1. The Morgan fingerprint density at radius 3 is 2.65 bits per heavy atom. The molecule has 1 atom stereocenters.